The molecule has 13 heteroatoms. The molecular formula is C27H35ClF3N5O4. The molecule has 0 aliphatic carbocycles. The predicted molar refractivity (Wildman–Crippen MR) is 146 cm³/mol. The van der Waals surface area contributed by atoms with Gasteiger partial charge in [0.05, 0.1) is 16.7 Å². The predicted octanol–water partition coefficient (Wildman–Crippen LogP) is 6.27. The van der Waals surface area contributed by atoms with E-state index in [2.05, 4.69) is 20.0 Å². The van der Waals surface area contributed by atoms with Gasteiger partial charge in [-0.15, -0.1) is 13.2 Å². The van der Waals surface area contributed by atoms with Gasteiger partial charge >= 0.3 is 12.5 Å². The zero-order valence-corrected chi connectivity index (χ0v) is 23.9. The fourth-order valence-electron chi connectivity index (χ4n) is 5.10. The van der Waals surface area contributed by atoms with Crippen molar-refractivity contribution >= 4 is 35.1 Å². The minimum atomic E-state index is -4.82. The zero-order chi connectivity index (χ0) is 29.2. The summed E-state index contributed by atoms with van der Waals surface area (Å²) in [6.07, 6.45) is -2.38. The highest BCUT2D eigenvalue weighted by Gasteiger charge is 2.40. The van der Waals surface area contributed by atoms with Gasteiger partial charge in [0, 0.05) is 37.1 Å². The Hall–Kier alpha value is -2.99. The van der Waals surface area contributed by atoms with Crippen molar-refractivity contribution in [1.82, 2.24) is 9.97 Å². The Kier molecular flexibility index (Phi) is 8.89. The smallest absolute Gasteiger partial charge is 0.447 e. The highest BCUT2D eigenvalue weighted by atomic mass is 35.5. The molecule has 0 radical (unpaired) electrons. The number of ether oxygens (including phenoxy) is 3. The number of carbonyl (C=O) groups is 1. The number of alkyl halides is 3. The number of halogens is 4. The van der Waals surface area contributed by atoms with Gasteiger partial charge in [-0.25, -0.2) is 9.78 Å². The highest BCUT2D eigenvalue weighted by molar-refractivity contribution is 6.32. The van der Waals surface area contributed by atoms with E-state index in [4.69, 9.17) is 21.1 Å². The molecule has 2 aliphatic rings. The Balaban J connectivity index is 1.37. The van der Waals surface area contributed by atoms with Crippen LogP contribution in [-0.2, 0) is 9.47 Å². The number of cyclic esters (lactones) is 1. The normalized spacial score (nSPS) is 20.3. The molecule has 3 atom stereocenters. The number of anilines is 3. The molecule has 2 fully saturated rings. The molecule has 1 N–H and O–H groups in total. The van der Waals surface area contributed by atoms with E-state index in [0.717, 1.165) is 12.8 Å². The maximum absolute atomic E-state index is 12.7. The number of amides is 1. The first-order valence-corrected chi connectivity index (χ1v) is 13.6. The van der Waals surface area contributed by atoms with Crippen molar-refractivity contribution in [2.24, 2.45) is 5.92 Å². The van der Waals surface area contributed by atoms with Gasteiger partial charge in [0.15, 0.2) is 0 Å². The van der Waals surface area contributed by atoms with Crippen LogP contribution in [0.1, 0.15) is 47.5 Å². The number of rotatable bonds is 8. The Morgan fingerprint density at radius 3 is 2.50 bits per heavy atom. The second-order valence-corrected chi connectivity index (χ2v) is 11.5. The van der Waals surface area contributed by atoms with Gasteiger partial charge in [0.25, 0.3) is 0 Å². The molecule has 2 aromatic rings. The fourth-order valence-corrected chi connectivity index (χ4v) is 5.26. The fraction of sp³-hybridized carbons (Fsp3) is 0.593. The van der Waals surface area contributed by atoms with Gasteiger partial charge in [-0.2, -0.15) is 4.98 Å². The van der Waals surface area contributed by atoms with Crippen LogP contribution in [0.15, 0.2) is 30.5 Å². The third-order valence-electron chi connectivity index (χ3n) is 6.98. The summed E-state index contributed by atoms with van der Waals surface area (Å²) in [7, 11) is 0. The Labute approximate surface area is 236 Å². The monoisotopic (exact) mass is 585 g/mol. The minimum absolute atomic E-state index is 0.0104. The van der Waals surface area contributed by atoms with E-state index < -0.39 is 18.2 Å². The average Bonchev–Trinajstić information content (AvgIpc) is 3.25. The molecule has 0 unspecified atom stereocenters. The van der Waals surface area contributed by atoms with Crippen LogP contribution in [0.3, 0.4) is 0 Å². The van der Waals surface area contributed by atoms with Crippen molar-refractivity contribution in [3.8, 4) is 5.75 Å². The molecule has 1 aromatic heterocycles. The molecule has 1 aromatic carbocycles. The third-order valence-corrected chi connectivity index (χ3v) is 7.30. The van der Waals surface area contributed by atoms with Crippen molar-refractivity contribution in [3.63, 3.8) is 0 Å². The minimum Gasteiger partial charge on any atom is -0.447 e. The van der Waals surface area contributed by atoms with Crippen LogP contribution < -0.4 is 19.9 Å². The lowest BCUT2D eigenvalue weighted by molar-refractivity contribution is -0.274. The molecule has 2 aliphatic heterocycles. The van der Waals surface area contributed by atoms with E-state index >= 15 is 0 Å². The van der Waals surface area contributed by atoms with Crippen LogP contribution in [0.5, 0.6) is 5.75 Å². The first-order chi connectivity index (χ1) is 18.7. The number of benzene rings is 1. The van der Waals surface area contributed by atoms with Gasteiger partial charge in [-0.3, -0.25) is 4.90 Å². The van der Waals surface area contributed by atoms with E-state index in [9.17, 15) is 18.0 Å². The van der Waals surface area contributed by atoms with E-state index in [0.29, 0.717) is 30.5 Å². The Bertz CT molecular complexity index is 1190. The molecule has 220 valence electrons. The van der Waals surface area contributed by atoms with Crippen molar-refractivity contribution in [3.05, 3.63) is 35.5 Å². The van der Waals surface area contributed by atoms with Crippen LogP contribution >= 0.6 is 11.6 Å². The molecular weight excluding hydrogens is 551 g/mol. The maximum Gasteiger partial charge on any atom is 0.573 e. The zero-order valence-electron chi connectivity index (χ0n) is 23.2. The second-order valence-electron chi connectivity index (χ2n) is 11.1. The lowest BCUT2D eigenvalue weighted by Crippen LogP contribution is -2.45. The molecule has 2 saturated heterocycles. The molecule has 0 saturated carbocycles. The van der Waals surface area contributed by atoms with Gasteiger partial charge in [0.1, 0.15) is 24.2 Å². The summed E-state index contributed by atoms with van der Waals surface area (Å²) < 4.78 is 53.6. The molecule has 40 heavy (non-hydrogen) atoms. The summed E-state index contributed by atoms with van der Waals surface area (Å²) in [5.41, 5.74) is 0.239. The van der Waals surface area contributed by atoms with Crippen molar-refractivity contribution in [2.75, 3.05) is 34.8 Å². The van der Waals surface area contributed by atoms with Crippen molar-refractivity contribution in [2.45, 2.75) is 77.6 Å². The number of hydrogen-bond donors (Lipinski definition) is 1. The number of nitrogens with zero attached hydrogens (tertiary/aromatic N) is 4. The maximum atomic E-state index is 12.7. The average molecular weight is 586 g/mol. The van der Waals surface area contributed by atoms with Crippen LogP contribution in [-0.4, -0.2) is 65.9 Å². The van der Waals surface area contributed by atoms with Crippen LogP contribution in [0.25, 0.3) is 0 Å². The first kappa shape index (κ1) is 30.0. The van der Waals surface area contributed by atoms with Crippen LogP contribution in [0, 0.1) is 5.92 Å². The van der Waals surface area contributed by atoms with Gasteiger partial charge in [0.2, 0.25) is 5.95 Å². The van der Waals surface area contributed by atoms with Gasteiger partial charge < -0.3 is 24.4 Å². The van der Waals surface area contributed by atoms with E-state index in [1.165, 1.54) is 17.0 Å². The Morgan fingerprint density at radius 2 is 1.85 bits per heavy atom. The lowest BCUT2D eigenvalue weighted by atomic mass is 9.90. The summed E-state index contributed by atoms with van der Waals surface area (Å²) in [4.78, 5) is 25.1. The number of nitrogens with one attached hydrogen (secondary N) is 1. The molecule has 3 heterocycles. The summed E-state index contributed by atoms with van der Waals surface area (Å²) in [6.45, 7) is 11.3. The van der Waals surface area contributed by atoms with E-state index in [1.54, 1.807) is 18.3 Å². The summed E-state index contributed by atoms with van der Waals surface area (Å²) in [5.74, 6) is 0.675. The van der Waals surface area contributed by atoms with Crippen LogP contribution in [0.4, 0.5) is 35.4 Å². The molecule has 1 amide bonds. The number of hydrogen-bond acceptors (Lipinski definition) is 8. The van der Waals surface area contributed by atoms with E-state index in [-0.39, 0.29) is 41.3 Å². The summed E-state index contributed by atoms with van der Waals surface area (Å²) >= 11 is 5.89. The van der Waals surface area contributed by atoms with Crippen molar-refractivity contribution in [1.29, 1.82) is 0 Å². The van der Waals surface area contributed by atoms with Gasteiger partial charge in [-0.1, -0.05) is 11.6 Å². The SMILES string of the molecule is C[C@H](Nc1nccc(N2C(=O)OC[C@@H]2[C@H](C)OC(C)(C)C)n1)C1CCN(c2ccc(Cl)c(OC(F)(F)F)c2)CC1. The first-order valence-electron chi connectivity index (χ1n) is 13.2. The van der Waals surface area contributed by atoms with Gasteiger partial charge in [-0.05, 0) is 71.6 Å². The summed E-state index contributed by atoms with van der Waals surface area (Å²) in [6, 6.07) is 5.77. The second kappa shape index (κ2) is 11.9. The quantitative estimate of drug-likeness (QED) is 0.387. The standard InChI is InChI=1S/C27H35ClF3N5O4/c1-16(18-9-12-35(13-10-18)19-6-7-20(28)22(14-19)40-27(29,30)31)33-24-32-11-8-23(34-24)36-21(15-38-25(36)37)17(2)39-26(3,4)5/h6-8,11,14,16-18,21H,9-10,12-13,15H2,1-5H3,(H,32,33,34)/t16-,17-,21+/m0/s1. The number of piperidine rings is 1. The molecule has 0 spiro atoms. The van der Waals surface area contributed by atoms with Crippen molar-refractivity contribution < 1.29 is 32.2 Å². The Morgan fingerprint density at radius 1 is 1.15 bits per heavy atom. The summed E-state index contributed by atoms with van der Waals surface area (Å²) in [5, 5.41) is 3.26. The van der Waals surface area contributed by atoms with E-state index in [1.807, 2.05) is 39.5 Å². The van der Waals surface area contributed by atoms with Crippen LogP contribution in [0.2, 0.25) is 5.02 Å². The largest absolute Gasteiger partial charge is 0.573 e. The molecule has 4 rings (SSSR count). The molecule has 0 bridgehead atoms. The third kappa shape index (κ3) is 7.60. The lowest BCUT2D eigenvalue weighted by Gasteiger charge is -2.36. The molecule has 9 nitrogen and oxygen atoms in total. The highest BCUT2D eigenvalue weighted by Crippen LogP contribution is 2.35. The topological polar surface area (TPSA) is 89.1 Å². The number of aromatic nitrogens is 2. The number of carbonyl (C=O) groups excluding carboxylic acids is 1.